The van der Waals surface area contributed by atoms with E-state index in [-0.39, 0.29) is 4.99 Å². The fourth-order valence-electron chi connectivity index (χ4n) is 0.935. The van der Waals surface area contributed by atoms with E-state index in [2.05, 4.69) is 10.1 Å². The van der Waals surface area contributed by atoms with E-state index in [1.54, 1.807) is 18.2 Å². The Labute approximate surface area is 97.4 Å². The molecule has 3 N–H and O–H groups in total. The van der Waals surface area contributed by atoms with Gasteiger partial charge in [-0.2, -0.15) is 0 Å². The zero-order chi connectivity index (χ0) is 11.4. The maximum atomic E-state index is 11.0. The first-order valence-corrected chi connectivity index (χ1v) is 4.77. The van der Waals surface area contributed by atoms with Gasteiger partial charge >= 0.3 is 6.09 Å². The van der Waals surface area contributed by atoms with Crippen LogP contribution in [0.3, 0.4) is 0 Å². The number of carbonyl (C=O) groups is 1. The smallest absolute Gasteiger partial charge is 0.411 e. The predicted molar refractivity (Wildman–Crippen MR) is 63.4 cm³/mol. The molecule has 0 saturated heterocycles. The highest BCUT2D eigenvalue weighted by Crippen LogP contribution is 2.23. The van der Waals surface area contributed by atoms with Gasteiger partial charge in [0, 0.05) is 5.56 Å². The van der Waals surface area contributed by atoms with Crippen molar-refractivity contribution in [3.8, 4) is 0 Å². The molecular formula is C9H9ClN2O2S. The lowest BCUT2D eigenvalue weighted by Crippen LogP contribution is -2.13. The molecule has 0 fully saturated rings. The van der Waals surface area contributed by atoms with Gasteiger partial charge in [0.2, 0.25) is 0 Å². The predicted octanol–water partition coefficient (Wildman–Crippen LogP) is 2.15. The van der Waals surface area contributed by atoms with E-state index in [9.17, 15) is 4.79 Å². The van der Waals surface area contributed by atoms with Crippen LogP contribution in [0.2, 0.25) is 5.02 Å². The van der Waals surface area contributed by atoms with Gasteiger partial charge in [-0.05, 0) is 12.1 Å². The Hall–Kier alpha value is -1.33. The monoisotopic (exact) mass is 244 g/mol. The third-order valence-electron chi connectivity index (χ3n) is 1.67. The first kappa shape index (κ1) is 11.7. The highest BCUT2D eigenvalue weighted by molar-refractivity contribution is 7.80. The average Bonchev–Trinajstić information content (AvgIpc) is 2.20. The molecule has 1 aromatic carbocycles. The van der Waals surface area contributed by atoms with E-state index in [1.807, 2.05) is 0 Å². The van der Waals surface area contributed by atoms with Crippen molar-refractivity contribution in [2.24, 2.45) is 5.73 Å². The molecule has 0 atom stereocenters. The molecule has 0 aliphatic carbocycles. The number of benzene rings is 1. The summed E-state index contributed by atoms with van der Waals surface area (Å²) < 4.78 is 4.44. The minimum absolute atomic E-state index is 0.236. The van der Waals surface area contributed by atoms with Gasteiger partial charge in [-0.15, -0.1) is 0 Å². The number of ether oxygens (including phenoxy) is 1. The van der Waals surface area contributed by atoms with Crippen LogP contribution in [0.15, 0.2) is 18.2 Å². The van der Waals surface area contributed by atoms with Crippen molar-refractivity contribution >= 4 is 40.6 Å². The number of methoxy groups -OCH3 is 1. The second-order valence-electron chi connectivity index (χ2n) is 2.68. The summed E-state index contributed by atoms with van der Waals surface area (Å²) in [4.78, 5) is 11.2. The normalized spacial score (nSPS) is 9.47. The van der Waals surface area contributed by atoms with E-state index < -0.39 is 6.09 Å². The SMILES string of the molecule is COC(=O)Nc1cc(C(N)=S)ccc1Cl. The van der Waals surface area contributed by atoms with Crippen LogP contribution in [0.5, 0.6) is 0 Å². The Balaban J connectivity index is 3.00. The summed E-state index contributed by atoms with van der Waals surface area (Å²) in [6.07, 6.45) is -0.600. The summed E-state index contributed by atoms with van der Waals surface area (Å²) in [6.45, 7) is 0. The minimum Gasteiger partial charge on any atom is -0.453 e. The molecule has 0 aliphatic heterocycles. The van der Waals surface area contributed by atoms with Crippen LogP contribution in [0.4, 0.5) is 10.5 Å². The largest absolute Gasteiger partial charge is 0.453 e. The topological polar surface area (TPSA) is 64.3 Å². The number of halogens is 1. The van der Waals surface area contributed by atoms with Crippen molar-refractivity contribution in [3.05, 3.63) is 28.8 Å². The number of amides is 1. The number of nitrogens with two attached hydrogens (primary N) is 1. The van der Waals surface area contributed by atoms with Crippen LogP contribution in [0, 0.1) is 0 Å². The summed E-state index contributed by atoms with van der Waals surface area (Å²) in [6, 6.07) is 4.86. The van der Waals surface area contributed by atoms with E-state index in [4.69, 9.17) is 29.6 Å². The van der Waals surface area contributed by atoms with Crippen molar-refractivity contribution in [2.45, 2.75) is 0 Å². The lowest BCUT2D eigenvalue weighted by Gasteiger charge is -2.07. The molecule has 0 bridgehead atoms. The van der Waals surface area contributed by atoms with Gasteiger partial charge < -0.3 is 10.5 Å². The first-order chi connectivity index (χ1) is 7.04. The third kappa shape index (κ3) is 3.07. The molecule has 0 unspecified atom stereocenters. The summed E-state index contributed by atoms with van der Waals surface area (Å²) in [5.74, 6) is 0. The maximum Gasteiger partial charge on any atom is 0.411 e. The Morgan fingerprint density at radius 1 is 1.60 bits per heavy atom. The molecule has 1 aromatic rings. The van der Waals surface area contributed by atoms with Gasteiger partial charge in [0.25, 0.3) is 0 Å². The third-order valence-corrected chi connectivity index (χ3v) is 2.24. The van der Waals surface area contributed by atoms with Crippen molar-refractivity contribution in [3.63, 3.8) is 0 Å². The van der Waals surface area contributed by atoms with Gasteiger partial charge in [-0.3, -0.25) is 5.32 Å². The fraction of sp³-hybridized carbons (Fsp3) is 0.111. The molecule has 6 heteroatoms. The second kappa shape index (κ2) is 4.95. The highest BCUT2D eigenvalue weighted by Gasteiger charge is 2.07. The van der Waals surface area contributed by atoms with Gasteiger partial charge in [0.15, 0.2) is 0 Å². The molecular weight excluding hydrogens is 236 g/mol. The average molecular weight is 245 g/mol. The van der Waals surface area contributed by atoms with Crippen molar-refractivity contribution < 1.29 is 9.53 Å². The Morgan fingerprint density at radius 3 is 2.80 bits per heavy atom. The maximum absolute atomic E-state index is 11.0. The zero-order valence-electron chi connectivity index (χ0n) is 7.91. The molecule has 0 spiro atoms. The van der Waals surface area contributed by atoms with Crippen LogP contribution < -0.4 is 11.1 Å². The first-order valence-electron chi connectivity index (χ1n) is 3.99. The molecule has 0 radical (unpaired) electrons. The van der Waals surface area contributed by atoms with Gasteiger partial charge in [0.05, 0.1) is 17.8 Å². The molecule has 4 nitrogen and oxygen atoms in total. The van der Waals surface area contributed by atoms with Crippen molar-refractivity contribution in [1.82, 2.24) is 0 Å². The van der Waals surface area contributed by atoms with Crippen LogP contribution in [0.25, 0.3) is 0 Å². The summed E-state index contributed by atoms with van der Waals surface area (Å²) >= 11 is 10.6. The molecule has 15 heavy (non-hydrogen) atoms. The van der Waals surface area contributed by atoms with E-state index in [0.29, 0.717) is 16.3 Å². The van der Waals surface area contributed by atoms with Gasteiger partial charge in [-0.1, -0.05) is 29.9 Å². The summed E-state index contributed by atoms with van der Waals surface area (Å²) in [5, 5.41) is 2.84. The minimum atomic E-state index is -0.600. The number of rotatable bonds is 2. The number of hydrogen-bond donors (Lipinski definition) is 2. The molecule has 0 heterocycles. The molecule has 80 valence electrons. The second-order valence-corrected chi connectivity index (χ2v) is 3.52. The molecule has 0 saturated carbocycles. The van der Waals surface area contributed by atoms with E-state index in [0.717, 1.165) is 0 Å². The van der Waals surface area contributed by atoms with Gasteiger partial charge in [0.1, 0.15) is 4.99 Å². The summed E-state index contributed by atoms with van der Waals surface area (Å²) in [5.41, 5.74) is 6.48. The van der Waals surface area contributed by atoms with E-state index >= 15 is 0 Å². The zero-order valence-corrected chi connectivity index (χ0v) is 9.48. The standard InChI is InChI=1S/C9H9ClN2O2S/c1-14-9(13)12-7-4-5(8(11)15)2-3-6(7)10/h2-4H,1H3,(H2,11,15)(H,12,13). The molecule has 1 amide bonds. The number of hydrogen-bond acceptors (Lipinski definition) is 3. The number of thiocarbonyl (C=S) groups is 1. The quantitative estimate of drug-likeness (QED) is 0.783. The number of carbonyl (C=O) groups excluding carboxylic acids is 1. The lowest BCUT2D eigenvalue weighted by molar-refractivity contribution is 0.187. The van der Waals surface area contributed by atoms with Crippen molar-refractivity contribution in [2.75, 3.05) is 12.4 Å². The Kier molecular flexibility index (Phi) is 3.88. The highest BCUT2D eigenvalue weighted by atomic mass is 35.5. The van der Waals surface area contributed by atoms with Gasteiger partial charge in [-0.25, -0.2) is 4.79 Å². The molecule has 0 aromatic heterocycles. The van der Waals surface area contributed by atoms with Crippen LogP contribution in [-0.4, -0.2) is 18.2 Å². The van der Waals surface area contributed by atoms with Crippen LogP contribution in [-0.2, 0) is 4.74 Å². The Bertz CT molecular complexity index is 409. The van der Waals surface area contributed by atoms with Crippen LogP contribution in [0.1, 0.15) is 5.56 Å². The number of anilines is 1. The lowest BCUT2D eigenvalue weighted by atomic mass is 10.2. The molecule has 1 rings (SSSR count). The fourth-order valence-corrected chi connectivity index (χ4v) is 1.23. The van der Waals surface area contributed by atoms with Crippen LogP contribution >= 0.6 is 23.8 Å². The van der Waals surface area contributed by atoms with E-state index in [1.165, 1.54) is 7.11 Å². The molecule has 0 aliphatic rings. The summed E-state index contributed by atoms with van der Waals surface area (Å²) in [7, 11) is 1.26. The Morgan fingerprint density at radius 2 is 2.27 bits per heavy atom. The van der Waals surface area contributed by atoms with Crippen molar-refractivity contribution in [1.29, 1.82) is 0 Å². The number of nitrogens with one attached hydrogen (secondary N) is 1.